The lowest BCUT2D eigenvalue weighted by molar-refractivity contribution is -0.137. The molecule has 180 valence electrons. The summed E-state index contributed by atoms with van der Waals surface area (Å²) < 4.78 is 40.9. The van der Waals surface area contributed by atoms with Crippen LogP contribution in [0.25, 0.3) is 5.82 Å². The third-order valence-electron chi connectivity index (χ3n) is 4.95. The molecule has 0 atom stereocenters. The summed E-state index contributed by atoms with van der Waals surface area (Å²) in [6, 6.07) is 9.68. The maximum atomic E-state index is 13.1. The standard InChI is InChI=1S/C22H18ClF3N8O/c1-12-3-5-14(32-20(35)13-4-6-16(23)15(7-13)22(24,25)26)8-17(12)33-21-30-11-31-34(21)19-9-18(27-2)28-10-29-19/h3-11H,1-2H3,(H,32,35)(H,27,28,29)(H,30,31,33). The Labute approximate surface area is 202 Å². The molecule has 0 fully saturated rings. The number of carbonyl (C=O) groups is 1. The quantitative estimate of drug-likeness (QED) is 0.337. The molecular formula is C22H18ClF3N8O. The van der Waals surface area contributed by atoms with Gasteiger partial charge in [-0.2, -0.15) is 27.9 Å². The van der Waals surface area contributed by atoms with Crippen LogP contribution < -0.4 is 16.0 Å². The first-order chi connectivity index (χ1) is 16.7. The van der Waals surface area contributed by atoms with Gasteiger partial charge in [0.05, 0.1) is 10.6 Å². The summed E-state index contributed by atoms with van der Waals surface area (Å²) in [5.74, 6) is 0.693. The minimum Gasteiger partial charge on any atom is -0.373 e. The highest BCUT2D eigenvalue weighted by Crippen LogP contribution is 2.35. The topological polar surface area (TPSA) is 110 Å². The molecule has 2 heterocycles. The molecule has 0 unspecified atom stereocenters. The Bertz CT molecular complexity index is 1390. The molecule has 35 heavy (non-hydrogen) atoms. The molecule has 0 bridgehead atoms. The molecule has 4 aromatic rings. The van der Waals surface area contributed by atoms with Crippen LogP contribution in [-0.2, 0) is 6.18 Å². The van der Waals surface area contributed by atoms with Crippen molar-refractivity contribution in [3.8, 4) is 5.82 Å². The minimum absolute atomic E-state index is 0.180. The Morgan fingerprint density at radius 1 is 1.03 bits per heavy atom. The summed E-state index contributed by atoms with van der Waals surface area (Å²) in [6.45, 7) is 1.84. The van der Waals surface area contributed by atoms with Crippen molar-refractivity contribution in [2.45, 2.75) is 13.1 Å². The average molecular weight is 503 g/mol. The van der Waals surface area contributed by atoms with Gasteiger partial charge in [-0.25, -0.2) is 9.97 Å². The Morgan fingerprint density at radius 2 is 1.83 bits per heavy atom. The van der Waals surface area contributed by atoms with Gasteiger partial charge in [0.15, 0.2) is 5.82 Å². The van der Waals surface area contributed by atoms with Gasteiger partial charge in [0, 0.05) is 30.1 Å². The zero-order valence-electron chi connectivity index (χ0n) is 18.4. The second kappa shape index (κ2) is 9.58. The maximum Gasteiger partial charge on any atom is 0.417 e. The summed E-state index contributed by atoms with van der Waals surface area (Å²) in [5.41, 5.74) is 0.510. The van der Waals surface area contributed by atoms with Crippen LogP contribution in [0.2, 0.25) is 5.02 Å². The van der Waals surface area contributed by atoms with E-state index < -0.39 is 22.7 Å². The van der Waals surface area contributed by atoms with Gasteiger partial charge in [0.25, 0.3) is 5.91 Å². The lowest BCUT2D eigenvalue weighted by atomic mass is 10.1. The zero-order chi connectivity index (χ0) is 25.2. The monoisotopic (exact) mass is 502 g/mol. The van der Waals surface area contributed by atoms with Gasteiger partial charge in [0.1, 0.15) is 18.5 Å². The zero-order valence-corrected chi connectivity index (χ0v) is 19.1. The third-order valence-corrected chi connectivity index (χ3v) is 5.28. The van der Waals surface area contributed by atoms with Crippen LogP contribution in [0.5, 0.6) is 0 Å². The highest BCUT2D eigenvalue weighted by molar-refractivity contribution is 6.31. The summed E-state index contributed by atoms with van der Waals surface area (Å²) in [7, 11) is 1.73. The van der Waals surface area contributed by atoms with Crippen molar-refractivity contribution in [2.24, 2.45) is 0 Å². The number of hydrogen-bond acceptors (Lipinski definition) is 7. The molecule has 0 spiro atoms. The van der Waals surface area contributed by atoms with Gasteiger partial charge in [0.2, 0.25) is 5.95 Å². The number of anilines is 4. The molecule has 0 radical (unpaired) electrons. The predicted octanol–water partition coefficient (Wildman–Crippen LogP) is 5.08. The van der Waals surface area contributed by atoms with Crippen LogP contribution in [-0.4, -0.2) is 37.7 Å². The van der Waals surface area contributed by atoms with E-state index in [1.807, 2.05) is 6.92 Å². The van der Waals surface area contributed by atoms with Gasteiger partial charge < -0.3 is 16.0 Å². The SMILES string of the molecule is CNc1cc(-n2ncnc2Nc2cc(NC(=O)c3ccc(Cl)c(C(F)(F)F)c3)ccc2C)ncn1. The van der Waals surface area contributed by atoms with Gasteiger partial charge >= 0.3 is 6.18 Å². The first-order valence-corrected chi connectivity index (χ1v) is 10.5. The van der Waals surface area contributed by atoms with E-state index in [2.05, 4.69) is 36.0 Å². The Kier molecular flexibility index (Phi) is 6.56. The first kappa shape index (κ1) is 24.0. The van der Waals surface area contributed by atoms with E-state index >= 15 is 0 Å². The lowest BCUT2D eigenvalue weighted by Crippen LogP contribution is -2.14. The van der Waals surface area contributed by atoms with E-state index in [-0.39, 0.29) is 5.56 Å². The number of amides is 1. The molecule has 13 heteroatoms. The van der Waals surface area contributed by atoms with Crippen LogP contribution in [0, 0.1) is 6.92 Å². The van der Waals surface area contributed by atoms with E-state index in [4.69, 9.17) is 11.6 Å². The number of halogens is 4. The Morgan fingerprint density at radius 3 is 2.57 bits per heavy atom. The Balaban J connectivity index is 1.57. The summed E-state index contributed by atoms with van der Waals surface area (Å²) in [6.07, 6.45) is -1.94. The smallest absolute Gasteiger partial charge is 0.373 e. The number of hydrogen-bond donors (Lipinski definition) is 3. The van der Waals surface area contributed by atoms with Crippen LogP contribution in [0.3, 0.4) is 0 Å². The number of rotatable bonds is 6. The molecule has 4 rings (SSSR count). The number of aryl methyl sites for hydroxylation is 1. The molecule has 2 aromatic heterocycles. The second-order valence-electron chi connectivity index (χ2n) is 7.31. The first-order valence-electron chi connectivity index (χ1n) is 10.1. The van der Waals surface area contributed by atoms with Crippen molar-refractivity contribution in [3.05, 3.63) is 76.8 Å². The second-order valence-corrected chi connectivity index (χ2v) is 7.72. The van der Waals surface area contributed by atoms with Crippen LogP contribution in [0.1, 0.15) is 21.5 Å². The van der Waals surface area contributed by atoms with Gasteiger partial charge in [-0.1, -0.05) is 17.7 Å². The molecule has 0 saturated carbocycles. The highest BCUT2D eigenvalue weighted by atomic mass is 35.5. The van der Waals surface area contributed by atoms with Crippen molar-refractivity contribution < 1.29 is 18.0 Å². The van der Waals surface area contributed by atoms with Crippen LogP contribution in [0.4, 0.5) is 36.3 Å². The summed E-state index contributed by atoms with van der Waals surface area (Å²) >= 11 is 5.64. The van der Waals surface area contributed by atoms with E-state index in [1.165, 1.54) is 23.4 Å². The van der Waals surface area contributed by atoms with Crippen molar-refractivity contribution in [1.82, 2.24) is 24.7 Å². The average Bonchev–Trinajstić information content (AvgIpc) is 3.29. The van der Waals surface area contributed by atoms with Gasteiger partial charge in [-0.3, -0.25) is 4.79 Å². The summed E-state index contributed by atoms with van der Waals surface area (Å²) in [4.78, 5) is 25.1. The normalized spacial score (nSPS) is 11.3. The van der Waals surface area contributed by atoms with Crippen molar-refractivity contribution in [2.75, 3.05) is 23.0 Å². The third kappa shape index (κ3) is 5.32. The van der Waals surface area contributed by atoms with E-state index in [1.54, 1.807) is 31.3 Å². The van der Waals surface area contributed by atoms with E-state index in [0.717, 1.165) is 11.6 Å². The number of alkyl halides is 3. The number of aromatic nitrogens is 5. The number of carbonyl (C=O) groups excluding carboxylic acids is 1. The fraction of sp³-hybridized carbons (Fsp3) is 0.136. The van der Waals surface area contributed by atoms with Crippen molar-refractivity contribution in [1.29, 1.82) is 0 Å². The van der Waals surface area contributed by atoms with Gasteiger partial charge in [-0.05, 0) is 42.8 Å². The number of benzene rings is 2. The van der Waals surface area contributed by atoms with Crippen LogP contribution >= 0.6 is 11.6 Å². The van der Waals surface area contributed by atoms with Gasteiger partial charge in [-0.15, -0.1) is 0 Å². The van der Waals surface area contributed by atoms with Crippen molar-refractivity contribution >= 4 is 40.6 Å². The molecule has 0 aliphatic heterocycles. The predicted molar refractivity (Wildman–Crippen MR) is 125 cm³/mol. The van der Waals surface area contributed by atoms with E-state index in [9.17, 15) is 18.0 Å². The molecule has 9 nitrogen and oxygen atoms in total. The lowest BCUT2D eigenvalue weighted by Gasteiger charge is -2.14. The summed E-state index contributed by atoms with van der Waals surface area (Å²) in [5, 5.41) is 12.4. The molecular weight excluding hydrogens is 485 g/mol. The molecule has 1 amide bonds. The maximum absolute atomic E-state index is 13.1. The molecule has 3 N–H and O–H groups in total. The fourth-order valence-corrected chi connectivity index (χ4v) is 3.36. The van der Waals surface area contributed by atoms with Crippen molar-refractivity contribution in [3.63, 3.8) is 0 Å². The number of nitrogens with zero attached hydrogens (tertiary/aromatic N) is 5. The Hall–Kier alpha value is -4.19. The molecule has 0 aliphatic rings. The number of nitrogens with one attached hydrogen (secondary N) is 3. The molecule has 2 aromatic carbocycles. The van der Waals surface area contributed by atoms with Crippen LogP contribution in [0.15, 0.2) is 55.1 Å². The van der Waals surface area contributed by atoms with E-state index in [0.29, 0.717) is 35.0 Å². The largest absolute Gasteiger partial charge is 0.417 e. The minimum atomic E-state index is -4.68. The molecule has 0 saturated heterocycles. The highest BCUT2D eigenvalue weighted by Gasteiger charge is 2.33. The fourth-order valence-electron chi connectivity index (χ4n) is 3.14. The molecule has 0 aliphatic carbocycles.